The lowest BCUT2D eigenvalue weighted by Gasteiger charge is -2.10. The van der Waals surface area contributed by atoms with Crippen molar-refractivity contribution in [2.75, 3.05) is 11.9 Å². The fourth-order valence-electron chi connectivity index (χ4n) is 3.03. The monoisotopic (exact) mass is 433 g/mol. The Morgan fingerprint density at radius 3 is 2.66 bits per heavy atom. The number of amides is 1. The first-order valence-electron chi connectivity index (χ1n) is 9.86. The minimum Gasteiger partial charge on any atom is -0.487 e. The summed E-state index contributed by atoms with van der Waals surface area (Å²) in [6.45, 7) is 1.81. The quantitative estimate of drug-likeness (QED) is 0.480. The second-order valence-electron chi connectivity index (χ2n) is 7.13. The molecule has 0 radical (unpaired) electrons. The molecule has 8 heteroatoms. The van der Waals surface area contributed by atoms with Crippen LogP contribution in [0.2, 0.25) is 0 Å². The van der Waals surface area contributed by atoms with E-state index in [4.69, 9.17) is 9.47 Å². The van der Waals surface area contributed by atoms with Crippen LogP contribution in [-0.2, 0) is 11.4 Å². The average Bonchev–Trinajstić information content (AvgIpc) is 2.77. The number of nitrogens with zero attached hydrogens (tertiary/aromatic N) is 2. The maximum atomic E-state index is 12.9. The van der Waals surface area contributed by atoms with Gasteiger partial charge in [0, 0.05) is 24.0 Å². The highest BCUT2D eigenvalue weighted by molar-refractivity contribution is 5.92. The van der Waals surface area contributed by atoms with Crippen molar-refractivity contribution in [3.63, 3.8) is 0 Å². The van der Waals surface area contributed by atoms with Crippen molar-refractivity contribution in [1.82, 2.24) is 9.38 Å². The molecule has 4 rings (SSSR count). The summed E-state index contributed by atoms with van der Waals surface area (Å²) in [5.74, 6) is 0.157. The fourth-order valence-corrected chi connectivity index (χ4v) is 3.03. The molecule has 0 aliphatic heterocycles. The standard InChI is InChI=1S/C24H20FN3O4/c1-16-9-10-28-22(11-16)26-19(13-24(28)30)14-31-21-4-2-3-18(12-21)27-23(29)15-32-20-7-5-17(25)6-8-20/h2-13H,14-15H2,1H3,(H,27,29). The van der Waals surface area contributed by atoms with E-state index in [2.05, 4.69) is 10.3 Å². The highest BCUT2D eigenvalue weighted by Crippen LogP contribution is 2.19. The Hall–Kier alpha value is -4.20. The number of pyridine rings is 1. The molecule has 0 saturated carbocycles. The number of hydrogen-bond acceptors (Lipinski definition) is 5. The van der Waals surface area contributed by atoms with Crippen LogP contribution in [0.1, 0.15) is 11.3 Å². The number of rotatable bonds is 7. The van der Waals surface area contributed by atoms with Crippen LogP contribution < -0.4 is 20.3 Å². The first kappa shape index (κ1) is 21.0. The number of carbonyl (C=O) groups is 1. The number of ether oxygens (including phenoxy) is 2. The molecule has 1 amide bonds. The Kier molecular flexibility index (Phi) is 6.12. The molecule has 32 heavy (non-hydrogen) atoms. The Morgan fingerprint density at radius 1 is 1.03 bits per heavy atom. The molecule has 162 valence electrons. The van der Waals surface area contributed by atoms with Gasteiger partial charge in [0.1, 0.15) is 29.6 Å². The third kappa shape index (κ3) is 5.28. The van der Waals surface area contributed by atoms with Crippen LogP contribution in [0.25, 0.3) is 5.65 Å². The third-order valence-electron chi connectivity index (χ3n) is 4.56. The topological polar surface area (TPSA) is 81.9 Å². The second-order valence-corrected chi connectivity index (χ2v) is 7.13. The van der Waals surface area contributed by atoms with E-state index in [1.165, 1.54) is 34.7 Å². The van der Waals surface area contributed by atoms with Crippen molar-refractivity contribution < 1.29 is 18.7 Å². The first-order chi connectivity index (χ1) is 15.5. The molecule has 0 spiro atoms. The van der Waals surface area contributed by atoms with E-state index >= 15 is 0 Å². The number of fused-ring (bicyclic) bond motifs is 1. The molecule has 0 aliphatic rings. The second kappa shape index (κ2) is 9.30. The largest absolute Gasteiger partial charge is 0.487 e. The summed E-state index contributed by atoms with van der Waals surface area (Å²) >= 11 is 0. The molecular weight excluding hydrogens is 413 g/mol. The molecule has 0 bridgehead atoms. The van der Waals surface area contributed by atoms with Crippen LogP contribution in [-0.4, -0.2) is 21.9 Å². The molecule has 7 nitrogen and oxygen atoms in total. The molecular formula is C24H20FN3O4. The summed E-state index contributed by atoms with van der Waals surface area (Å²) in [5.41, 5.74) is 2.40. The Bertz CT molecular complexity index is 1320. The van der Waals surface area contributed by atoms with Crippen molar-refractivity contribution in [3.05, 3.63) is 100 Å². The fraction of sp³-hybridized carbons (Fsp3) is 0.125. The van der Waals surface area contributed by atoms with E-state index in [1.807, 2.05) is 19.1 Å². The third-order valence-corrected chi connectivity index (χ3v) is 4.56. The normalized spacial score (nSPS) is 10.7. The lowest BCUT2D eigenvalue weighted by atomic mass is 10.3. The van der Waals surface area contributed by atoms with Crippen LogP contribution in [0.3, 0.4) is 0 Å². The van der Waals surface area contributed by atoms with Gasteiger partial charge in [0.25, 0.3) is 11.5 Å². The minimum absolute atomic E-state index is 0.102. The van der Waals surface area contributed by atoms with Gasteiger partial charge in [-0.2, -0.15) is 0 Å². The van der Waals surface area contributed by atoms with Gasteiger partial charge in [-0.15, -0.1) is 0 Å². The van der Waals surface area contributed by atoms with E-state index in [0.717, 1.165) is 5.56 Å². The molecule has 2 aromatic carbocycles. The van der Waals surface area contributed by atoms with Crippen molar-refractivity contribution in [2.45, 2.75) is 13.5 Å². The highest BCUT2D eigenvalue weighted by Gasteiger charge is 2.07. The van der Waals surface area contributed by atoms with Crippen molar-refractivity contribution in [3.8, 4) is 11.5 Å². The molecule has 0 aliphatic carbocycles. The van der Waals surface area contributed by atoms with Gasteiger partial charge in [-0.3, -0.25) is 14.0 Å². The predicted molar refractivity (Wildman–Crippen MR) is 117 cm³/mol. The predicted octanol–water partition coefficient (Wildman–Crippen LogP) is 3.74. The van der Waals surface area contributed by atoms with Crippen molar-refractivity contribution in [2.24, 2.45) is 0 Å². The van der Waals surface area contributed by atoms with E-state index in [0.29, 0.717) is 28.5 Å². The number of aromatic nitrogens is 2. The minimum atomic E-state index is -0.377. The highest BCUT2D eigenvalue weighted by atomic mass is 19.1. The number of aryl methyl sites for hydroxylation is 1. The van der Waals surface area contributed by atoms with Crippen LogP contribution in [0.4, 0.5) is 10.1 Å². The molecule has 0 unspecified atom stereocenters. The van der Waals surface area contributed by atoms with Gasteiger partial charge in [0.2, 0.25) is 0 Å². The summed E-state index contributed by atoms with van der Waals surface area (Å²) in [5, 5.41) is 2.71. The average molecular weight is 433 g/mol. The van der Waals surface area contributed by atoms with Gasteiger partial charge in [-0.25, -0.2) is 9.37 Å². The summed E-state index contributed by atoms with van der Waals surface area (Å²) in [6, 6.07) is 17.4. The van der Waals surface area contributed by atoms with Gasteiger partial charge in [-0.05, 0) is 61.0 Å². The van der Waals surface area contributed by atoms with Gasteiger partial charge in [0.15, 0.2) is 6.61 Å². The first-order valence-corrected chi connectivity index (χ1v) is 9.86. The summed E-state index contributed by atoms with van der Waals surface area (Å²) in [6.07, 6.45) is 1.69. The number of anilines is 1. The zero-order valence-electron chi connectivity index (χ0n) is 17.2. The lowest BCUT2D eigenvalue weighted by Crippen LogP contribution is -2.20. The molecule has 0 atom stereocenters. The molecule has 1 N–H and O–H groups in total. The molecule has 4 aromatic rings. The van der Waals surface area contributed by atoms with Crippen molar-refractivity contribution in [1.29, 1.82) is 0 Å². The van der Waals surface area contributed by atoms with E-state index in [9.17, 15) is 14.0 Å². The number of benzene rings is 2. The molecule has 2 aromatic heterocycles. The van der Waals surface area contributed by atoms with Crippen LogP contribution in [0.15, 0.2) is 77.7 Å². The van der Waals surface area contributed by atoms with E-state index in [1.54, 1.807) is 30.5 Å². The number of hydrogen-bond donors (Lipinski definition) is 1. The van der Waals surface area contributed by atoms with E-state index in [-0.39, 0.29) is 30.5 Å². The molecule has 0 fully saturated rings. The zero-order valence-corrected chi connectivity index (χ0v) is 17.2. The van der Waals surface area contributed by atoms with Gasteiger partial charge >= 0.3 is 0 Å². The molecule has 0 saturated heterocycles. The lowest BCUT2D eigenvalue weighted by molar-refractivity contribution is -0.118. The van der Waals surface area contributed by atoms with Crippen LogP contribution in [0, 0.1) is 12.7 Å². The van der Waals surface area contributed by atoms with Gasteiger partial charge in [0.05, 0.1) is 5.69 Å². The van der Waals surface area contributed by atoms with Crippen LogP contribution in [0.5, 0.6) is 11.5 Å². The Labute approximate surface area is 183 Å². The smallest absolute Gasteiger partial charge is 0.262 e. The summed E-state index contributed by atoms with van der Waals surface area (Å²) in [7, 11) is 0. The van der Waals surface area contributed by atoms with Gasteiger partial charge in [-0.1, -0.05) is 6.07 Å². The number of carbonyl (C=O) groups excluding carboxylic acids is 1. The SMILES string of the molecule is Cc1ccn2c(=O)cc(COc3cccc(NC(=O)COc4ccc(F)cc4)c3)nc2c1. The number of nitrogens with one attached hydrogen (secondary N) is 1. The maximum Gasteiger partial charge on any atom is 0.262 e. The summed E-state index contributed by atoms with van der Waals surface area (Å²) < 4.78 is 25.5. The summed E-state index contributed by atoms with van der Waals surface area (Å²) in [4.78, 5) is 28.9. The molecule has 2 heterocycles. The Balaban J connectivity index is 1.36. The zero-order chi connectivity index (χ0) is 22.5. The van der Waals surface area contributed by atoms with Crippen molar-refractivity contribution >= 4 is 17.2 Å². The Morgan fingerprint density at radius 2 is 1.84 bits per heavy atom. The maximum absolute atomic E-state index is 12.9. The number of halogens is 1. The van der Waals surface area contributed by atoms with E-state index < -0.39 is 0 Å². The van der Waals surface area contributed by atoms with Gasteiger partial charge < -0.3 is 14.8 Å². The van der Waals surface area contributed by atoms with Crippen LogP contribution >= 0.6 is 0 Å².